The van der Waals surface area contributed by atoms with Crippen molar-refractivity contribution in [1.82, 2.24) is 0 Å². The van der Waals surface area contributed by atoms with E-state index in [0.717, 1.165) is 0 Å². The van der Waals surface area contributed by atoms with Crippen molar-refractivity contribution in [3.05, 3.63) is 92.5 Å². The minimum absolute atomic E-state index is 0.0185. The Bertz CT molecular complexity index is 1350. The molecule has 0 aliphatic heterocycles. The number of nitrogens with zero attached hydrogens (tertiary/aromatic N) is 2. The average Bonchev–Trinajstić information content (AvgIpc) is 2.88. The van der Waals surface area contributed by atoms with Crippen molar-refractivity contribution in [2.24, 2.45) is 0 Å². The fourth-order valence-electron chi connectivity index (χ4n) is 3.30. The summed E-state index contributed by atoms with van der Waals surface area (Å²) in [6.45, 7) is 4.51. The quantitative estimate of drug-likeness (QED) is 0.138. The Balaban J connectivity index is 1.81. The Labute approximate surface area is 219 Å². The lowest BCUT2D eigenvalue weighted by Crippen LogP contribution is -2.13. The first kappa shape index (κ1) is 27.0. The van der Waals surface area contributed by atoms with Crippen molar-refractivity contribution in [3.8, 4) is 23.3 Å². The van der Waals surface area contributed by atoms with Gasteiger partial charge in [-0.1, -0.05) is 23.7 Å². The van der Waals surface area contributed by atoms with Crippen LogP contribution in [-0.2, 0) is 11.4 Å². The predicted octanol–water partition coefficient (Wildman–Crippen LogP) is 6.17. The number of rotatable bonds is 11. The first-order valence-electron chi connectivity index (χ1n) is 11.3. The van der Waals surface area contributed by atoms with Crippen LogP contribution in [0.1, 0.15) is 25.0 Å². The van der Waals surface area contributed by atoms with E-state index in [2.05, 4.69) is 5.32 Å². The molecule has 0 saturated carbocycles. The smallest absolute Gasteiger partial charge is 0.269 e. The van der Waals surface area contributed by atoms with Crippen molar-refractivity contribution in [1.29, 1.82) is 5.26 Å². The van der Waals surface area contributed by atoms with Gasteiger partial charge in [-0.2, -0.15) is 5.26 Å². The van der Waals surface area contributed by atoms with Crippen LogP contribution in [0.25, 0.3) is 6.08 Å². The molecule has 0 aliphatic carbocycles. The molecule has 0 atom stereocenters. The van der Waals surface area contributed by atoms with Crippen LogP contribution in [0.3, 0.4) is 0 Å². The van der Waals surface area contributed by atoms with Crippen molar-refractivity contribution in [3.63, 3.8) is 0 Å². The first-order valence-corrected chi connectivity index (χ1v) is 11.7. The zero-order valence-electron chi connectivity index (χ0n) is 20.2. The number of anilines is 1. The van der Waals surface area contributed by atoms with Crippen molar-refractivity contribution in [2.45, 2.75) is 20.5 Å². The lowest BCUT2D eigenvalue weighted by molar-refractivity contribution is -0.384. The second kappa shape index (κ2) is 13.0. The average molecular weight is 522 g/mol. The van der Waals surface area contributed by atoms with Gasteiger partial charge in [-0.25, -0.2) is 0 Å². The van der Waals surface area contributed by atoms with Gasteiger partial charge in [0, 0.05) is 17.8 Å². The highest BCUT2D eigenvalue weighted by molar-refractivity contribution is 6.32. The van der Waals surface area contributed by atoms with Gasteiger partial charge >= 0.3 is 0 Å². The monoisotopic (exact) mass is 521 g/mol. The number of hydrogen-bond donors (Lipinski definition) is 1. The molecule has 1 N–H and O–H groups in total. The topological polar surface area (TPSA) is 124 Å². The molecule has 0 fully saturated rings. The number of carbonyl (C=O) groups is 1. The van der Waals surface area contributed by atoms with Gasteiger partial charge in [0.2, 0.25) is 0 Å². The van der Waals surface area contributed by atoms with E-state index in [1.165, 1.54) is 24.3 Å². The lowest BCUT2D eigenvalue weighted by atomic mass is 10.1. The molecule has 3 rings (SSSR count). The summed E-state index contributed by atoms with van der Waals surface area (Å²) >= 11 is 6.46. The summed E-state index contributed by atoms with van der Waals surface area (Å²) in [6, 6.07) is 17.9. The lowest BCUT2D eigenvalue weighted by Gasteiger charge is -2.15. The Hall–Kier alpha value is -4.55. The van der Waals surface area contributed by atoms with E-state index in [0.29, 0.717) is 41.5 Å². The third kappa shape index (κ3) is 7.46. The highest BCUT2D eigenvalue weighted by Crippen LogP contribution is 2.38. The number of benzene rings is 3. The van der Waals surface area contributed by atoms with Gasteiger partial charge in [0.15, 0.2) is 11.5 Å². The van der Waals surface area contributed by atoms with Gasteiger partial charge < -0.3 is 19.5 Å². The molecule has 1 amide bonds. The molecule has 9 nitrogen and oxygen atoms in total. The number of ether oxygens (including phenoxy) is 3. The van der Waals surface area contributed by atoms with E-state index in [4.69, 9.17) is 25.8 Å². The molecule has 0 bridgehead atoms. The molecule has 0 unspecified atom stereocenters. The van der Waals surface area contributed by atoms with Crippen molar-refractivity contribution in [2.75, 3.05) is 18.5 Å². The van der Waals surface area contributed by atoms with Crippen molar-refractivity contribution >= 4 is 35.0 Å². The molecule has 190 valence electrons. The third-order valence-corrected chi connectivity index (χ3v) is 5.22. The van der Waals surface area contributed by atoms with Gasteiger partial charge in [0.25, 0.3) is 11.6 Å². The van der Waals surface area contributed by atoms with Crippen LogP contribution in [0.5, 0.6) is 17.2 Å². The number of nitrogens with one attached hydrogen (secondary N) is 1. The summed E-state index contributed by atoms with van der Waals surface area (Å²) < 4.78 is 16.9. The summed E-state index contributed by atoms with van der Waals surface area (Å²) in [4.78, 5) is 23.2. The largest absolute Gasteiger partial charge is 0.494 e. The van der Waals surface area contributed by atoms with Gasteiger partial charge in [0.1, 0.15) is 24.0 Å². The van der Waals surface area contributed by atoms with Crippen LogP contribution in [0, 0.1) is 21.4 Å². The van der Waals surface area contributed by atoms with Crippen LogP contribution < -0.4 is 19.5 Å². The summed E-state index contributed by atoms with van der Waals surface area (Å²) in [5.74, 6) is 0.620. The number of non-ortho nitro benzene ring substituents is 1. The number of nitro groups is 1. The molecule has 3 aromatic rings. The molecule has 10 heteroatoms. The molecule has 3 aromatic carbocycles. The maximum atomic E-state index is 12.7. The van der Waals surface area contributed by atoms with Gasteiger partial charge in [-0.3, -0.25) is 14.9 Å². The molecule has 0 spiro atoms. The standard InChI is InChI=1S/C27H24ClN3O6/c1-3-35-23-10-8-21(9-11-23)30-27(32)20(16-29)12-19-14-24(28)26(25(15-19)36-4-2)37-17-18-6-5-7-22(13-18)31(33)34/h5-15H,3-4,17H2,1-2H3,(H,30,32)/b20-12+. The predicted molar refractivity (Wildman–Crippen MR) is 140 cm³/mol. The number of nitriles is 1. The van der Waals surface area contributed by atoms with Crippen LogP contribution in [-0.4, -0.2) is 24.0 Å². The molecule has 37 heavy (non-hydrogen) atoms. The van der Waals surface area contributed by atoms with Crippen LogP contribution in [0.2, 0.25) is 5.02 Å². The maximum absolute atomic E-state index is 12.7. The van der Waals surface area contributed by atoms with Crippen LogP contribution in [0.4, 0.5) is 11.4 Å². The van der Waals surface area contributed by atoms with Gasteiger partial charge in [0.05, 0.1) is 23.2 Å². The number of carbonyl (C=O) groups excluding carboxylic acids is 1. The molecular weight excluding hydrogens is 498 g/mol. The van der Waals surface area contributed by atoms with E-state index < -0.39 is 10.8 Å². The van der Waals surface area contributed by atoms with Crippen LogP contribution >= 0.6 is 11.6 Å². The molecule has 0 aromatic heterocycles. The molecule has 0 aliphatic rings. The SMILES string of the molecule is CCOc1ccc(NC(=O)/C(C#N)=C/c2cc(Cl)c(OCc3cccc([N+](=O)[O-])c3)c(OCC)c2)cc1. The Morgan fingerprint density at radius 1 is 1.08 bits per heavy atom. The second-order valence-corrected chi connectivity index (χ2v) is 7.97. The van der Waals surface area contributed by atoms with E-state index in [1.807, 2.05) is 13.0 Å². The van der Waals surface area contributed by atoms with E-state index >= 15 is 0 Å². The minimum atomic E-state index is -0.591. The number of nitro benzene ring substituents is 1. The maximum Gasteiger partial charge on any atom is 0.269 e. The Morgan fingerprint density at radius 2 is 1.81 bits per heavy atom. The zero-order chi connectivity index (χ0) is 26.8. The fraction of sp³-hybridized carbons (Fsp3) is 0.185. The highest BCUT2D eigenvalue weighted by atomic mass is 35.5. The molecule has 0 heterocycles. The highest BCUT2D eigenvalue weighted by Gasteiger charge is 2.16. The fourth-order valence-corrected chi connectivity index (χ4v) is 3.58. The third-order valence-electron chi connectivity index (χ3n) is 4.94. The number of amides is 1. The molecule has 0 saturated heterocycles. The van der Waals surface area contributed by atoms with E-state index in [9.17, 15) is 20.2 Å². The second-order valence-electron chi connectivity index (χ2n) is 7.56. The summed E-state index contributed by atoms with van der Waals surface area (Å²) in [5.41, 5.74) is 1.35. The zero-order valence-corrected chi connectivity index (χ0v) is 20.9. The minimum Gasteiger partial charge on any atom is -0.494 e. The summed E-state index contributed by atoms with van der Waals surface area (Å²) in [6.07, 6.45) is 1.39. The molecular formula is C27H24ClN3O6. The summed E-state index contributed by atoms with van der Waals surface area (Å²) in [5, 5.41) is 23.5. The molecule has 0 radical (unpaired) electrons. The van der Waals surface area contributed by atoms with Gasteiger partial charge in [-0.05, 0) is 67.4 Å². The summed E-state index contributed by atoms with van der Waals surface area (Å²) in [7, 11) is 0. The normalized spacial score (nSPS) is 10.8. The number of halogens is 1. The van der Waals surface area contributed by atoms with Crippen molar-refractivity contribution < 1.29 is 23.9 Å². The Morgan fingerprint density at radius 3 is 2.46 bits per heavy atom. The van der Waals surface area contributed by atoms with E-state index in [1.54, 1.807) is 49.4 Å². The van der Waals surface area contributed by atoms with Crippen LogP contribution in [0.15, 0.2) is 66.2 Å². The first-order chi connectivity index (χ1) is 17.8. The number of hydrogen-bond acceptors (Lipinski definition) is 7. The Kier molecular flexibility index (Phi) is 9.47. The van der Waals surface area contributed by atoms with E-state index in [-0.39, 0.29) is 28.6 Å². The van der Waals surface area contributed by atoms with Gasteiger partial charge in [-0.15, -0.1) is 0 Å².